The highest BCUT2D eigenvalue weighted by molar-refractivity contribution is 6.35. The highest BCUT2D eigenvalue weighted by atomic mass is 35.5. The minimum Gasteiger partial charge on any atom is -0.479 e. The number of halogens is 1. The molecule has 0 aliphatic carbocycles. The molecule has 4 nitrogen and oxygen atoms in total. The Morgan fingerprint density at radius 3 is 2.94 bits per heavy atom. The molecule has 1 N–H and O–H groups in total. The third-order valence-corrected chi connectivity index (χ3v) is 2.65. The van der Waals surface area contributed by atoms with Gasteiger partial charge < -0.3 is 9.84 Å². The molecule has 1 aromatic carbocycles. The van der Waals surface area contributed by atoms with Gasteiger partial charge in [-0.3, -0.25) is 4.98 Å². The molecule has 88 valence electrons. The zero-order valence-corrected chi connectivity index (χ0v) is 9.81. The van der Waals surface area contributed by atoms with Crippen LogP contribution in [0.4, 0.5) is 0 Å². The Morgan fingerprint density at radius 1 is 1.47 bits per heavy atom. The van der Waals surface area contributed by atoms with E-state index in [1.54, 1.807) is 30.5 Å². The van der Waals surface area contributed by atoms with Crippen molar-refractivity contribution in [2.75, 3.05) is 0 Å². The van der Waals surface area contributed by atoms with E-state index in [2.05, 4.69) is 4.98 Å². The summed E-state index contributed by atoms with van der Waals surface area (Å²) in [5.41, 5.74) is 0.674. The van der Waals surface area contributed by atoms with Gasteiger partial charge in [0.2, 0.25) is 0 Å². The first kappa shape index (κ1) is 11.7. The molecule has 5 heteroatoms. The maximum Gasteiger partial charge on any atom is 0.344 e. The second kappa shape index (κ2) is 4.59. The molecule has 0 aliphatic heterocycles. The average Bonchev–Trinajstić information content (AvgIpc) is 2.29. The van der Waals surface area contributed by atoms with Crippen molar-refractivity contribution < 1.29 is 14.6 Å². The zero-order chi connectivity index (χ0) is 12.4. The van der Waals surface area contributed by atoms with Crippen molar-refractivity contribution in [3.63, 3.8) is 0 Å². The Balaban J connectivity index is 2.35. The molecule has 0 saturated carbocycles. The van der Waals surface area contributed by atoms with Gasteiger partial charge in [0, 0.05) is 17.6 Å². The van der Waals surface area contributed by atoms with Crippen LogP contribution in [0.1, 0.15) is 6.92 Å². The number of carbonyl (C=O) groups is 1. The van der Waals surface area contributed by atoms with Crippen LogP contribution in [0.2, 0.25) is 5.02 Å². The van der Waals surface area contributed by atoms with E-state index >= 15 is 0 Å². The Labute approximate surface area is 103 Å². The lowest BCUT2D eigenvalue weighted by molar-refractivity contribution is -0.144. The molecule has 0 amide bonds. The van der Waals surface area contributed by atoms with E-state index in [9.17, 15) is 4.79 Å². The molecule has 2 rings (SSSR count). The van der Waals surface area contributed by atoms with Crippen molar-refractivity contribution in [1.82, 2.24) is 4.98 Å². The number of benzene rings is 1. The van der Waals surface area contributed by atoms with Crippen LogP contribution in [0.25, 0.3) is 10.9 Å². The Kier molecular flexibility index (Phi) is 3.15. The van der Waals surface area contributed by atoms with Crippen molar-refractivity contribution in [3.8, 4) is 5.75 Å². The number of aliphatic carboxylic acids is 1. The second-order valence-corrected chi connectivity index (χ2v) is 3.98. The van der Waals surface area contributed by atoms with Crippen molar-refractivity contribution >= 4 is 28.5 Å². The number of fused-ring (bicyclic) bond motifs is 1. The standard InChI is InChI=1S/C12H10ClNO3/c1-7(12(15)16)17-8-2-3-9-10(13)4-5-14-11(9)6-8/h2-7H,1H3,(H,15,16)/t7-/m1/s1. The fourth-order valence-corrected chi connectivity index (χ4v) is 1.64. The second-order valence-electron chi connectivity index (χ2n) is 3.57. The molecule has 1 atom stereocenters. The van der Waals surface area contributed by atoms with Gasteiger partial charge in [0.1, 0.15) is 5.75 Å². The van der Waals surface area contributed by atoms with Crippen LogP contribution < -0.4 is 4.74 Å². The quantitative estimate of drug-likeness (QED) is 0.911. The largest absolute Gasteiger partial charge is 0.479 e. The van der Waals surface area contributed by atoms with Crippen LogP contribution in [-0.4, -0.2) is 22.2 Å². The van der Waals surface area contributed by atoms with Gasteiger partial charge in [-0.15, -0.1) is 0 Å². The predicted octanol–water partition coefficient (Wildman–Crippen LogP) is 2.74. The average molecular weight is 252 g/mol. The molecule has 0 spiro atoms. The maximum atomic E-state index is 10.7. The lowest BCUT2D eigenvalue weighted by Gasteiger charge is -2.10. The summed E-state index contributed by atoms with van der Waals surface area (Å²) in [7, 11) is 0. The molecule has 0 aliphatic rings. The minimum atomic E-state index is -1.01. The summed E-state index contributed by atoms with van der Waals surface area (Å²) in [6.07, 6.45) is 0.696. The van der Waals surface area contributed by atoms with E-state index in [0.717, 1.165) is 5.39 Å². The molecule has 2 aromatic rings. The van der Waals surface area contributed by atoms with E-state index in [0.29, 0.717) is 16.3 Å². The zero-order valence-electron chi connectivity index (χ0n) is 9.05. The molecular formula is C12H10ClNO3. The van der Waals surface area contributed by atoms with Gasteiger partial charge in [-0.05, 0) is 25.1 Å². The van der Waals surface area contributed by atoms with Crippen LogP contribution in [0, 0.1) is 0 Å². The number of pyridine rings is 1. The summed E-state index contributed by atoms with van der Waals surface area (Å²) in [5.74, 6) is -0.550. The molecule has 1 aromatic heterocycles. The first-order chi connectivity index (χ1) is 8.08. The van der Waals surface area contributed by atoms with Crippen LogP contribution in [0.15, 0.2) is 30.5 Å². The smallest absolute Gasteiger partial charge is 0.344 e. The first-order valence-electron chi connectivity index (χ1n) is 5.01. The topological polar surface area (TPSA) is 59.4 Å². The number of ether oxygens (including phenoxy) is 1. The molecular weight excluding hydrogens is 242 g/mol. The van der Waals surface area contributed by atoms with E-state index in [-0.39, 0.29) is 0 Å². The van der Waals surface area contributed by atoms with Gasteiger partial charge in [-0.2, -0.15) is 0 Å². The van der Waals surface area contributed by atoms with Crippen LogP contribution in [-0.2, 0) is 4.79 Å². The monoisotopic (exact) mass is 251 g/mol. The summed E-state index contributed by atoms with van der Waals surface area (Å²) in [6.45, 7) is 1.47. The van der Waals surface area contributed by atoms with E-state index in [1.807, 2.05) is 0 Å². The maximum absolute atomic E-state index is 10.7. The summed E-state index contributed by atoms with van der Waals surface area (Å²) in [6, 6.07) is 6.80. The SMILES string of the molecule is C[C@@H](Oc1ccc2c(Cl)ccnc2c1)C(=O)O. The molecule has 1 heterocycles. The third kappa shape index (κ3) is 2.47. The fourth-order valence-electron chi connectivity index (χ4n) is 1.42. The van der Waals surface area contributed by atoms with Crippen LogP contribution in [0.3, 0.4) is 0 Å². The predicted molar refractivity (Wildman–Crippen MR) is 64.5 cm³/mol. The number of hydrogen-bond acceptors (Lipinski definition) is 3. The Morgan fingerprint density at radius 2 is 2.24 bits per heavy atom. The Bertz CT molecular complexity index is 571. The normalized spacial score (nSPS) is 12.4. The van der Waals surface area contributed by atoms with Crippen molar-refractivity contribution in [2.24, 2.45) is 0 Å². The van der Waals surface area contributed by atoms with Crippen LogP contribution >= 0.6 is 11.6 Å². The lowest BCUT2D eigenvalue weighted by Crippen LogP contribution is -2.22. The van der Waals surface area contributed by atoms with Crippen molar-refractivity contribution in [1.29, 1.82) is 0 Å². The number of hydrogen-bond donors (Lipinski definition) is 1. The number of nitrogens with zero attached hydrogens (tertiary/aromatic N) is 1. The van der Waals surface area contributed by atoms with Crippen LogP contribution in [0.5, 0.6) is 5.75 Å². The Hall–Kier alpha value is -1.81. The number of rotatable bonds is 3. The molecule has 0 radical (unpaired) electrons. The molecule has 0 fully saturated rings. The summed E-state index contributed by atoms with van der Waals surface area (Å²) in [5, 5.41) is 10.2. The summed E-state index contributed by atoms with van der Waals surface area (Å²) >= 11 is 5.99. The van der Waals surface area contributed by atoms with Gasteiger partial charge >= 0.3 is 5.97 Å². The molecule has 0 unspecified atom stereocenters. The molecule has 17 heavy (non-hydrogen) atoms. The van der Waals surface area contributed by atoms with Gasteiger partial charge in [0.25, 0.3) is 0 Å². The summed E-state index contributed by atoms with van der Waals surface area (Å²) in [4.78, 5) is 14.8. The van der Waals surface area contributed by atoms with E-state index in [4.69, 9.17) is 21.4 Å². The highest BCUT2D eigenvalue weighted by Crippen LogP contribution is 2.25. The first-order valence-corrected chi connectivity index (χ1v) is 5.39. The molecule has 0 saturated heterocycles. The van der Waals surface area contributed by atoms with Gasteiger partial charge in [0.05, 0.1) is 10.5 Å². The van der Waals surface area contributed by atoms with Gasteiger partial charge in [-0.1, -0.05) is 11.6 Å². The summed E-state index contributed by atoms with van der Waals surface area (Å²) < 4.78 is 5.24. The van der Waals surface area contributed by atoms with Gasteiger partial charge in [0.15, 0.2) is 6.10 Å². The van der Waals surface area contributed by atoms with Gasteiger partial charge in [-0.25, -0.2) is 4.79 Å². The number of carboxylic acid groups (broad SMARTS) is 1. The minimum absolute atomic E-state index is 0.460. The number of carboxylic acids is 1. The fraction of sp³-hybridized carbons (Fsp3) is 0.167. The third-order valence-electron chi connectivity index (χ3n) is 2.32. The molecule has 0 bridgehead atoms. The lowest BCUT2D eigenvalue weighted by atomic mass is 10.2. The number of aromatic nitrogens is 1. The van der Waals surface area contributed by atoms with E-state index < -0.39 is 12.1 Å². The van der Waals surface area contributed by atoms with E-state index in [1.165, 1.54) is 6.92 Å². The van der Waals surface area contributed by atoms with Crippen molar-refractivity contribution in [3.05, 3.63) is 35.5 Å². The van der Waals surface area contributed by atoms with Crippen molar-refractivity contribution in [2.45, 2.75) is 13.0 Å². The highest BCUT2D eigenvalue weighted by Gasteiger charge is 2.12.